The third-order valence-corrected chi connectivity index (χ3v) is 5.66. The standard InChI is InChI=1S/C23H21ClF3N3O/c1-31-19-12-18(29-17-8-3-2-6-13(17)19)21-14(7-4-5-11-28)20-16(24)10-9-15(22(20)30-21)23(25,26)27/h2-3,6,8-10,12,30H,4-5,7,11,28H2,1H3. The minimum absolute atomic E-state index is 0.0355. The van der Waals surface area contributed by atoms with Crippen LogP contribution in [0.25, 0.3) is 33.2 Å². The van der Waals surface area contributed by atoms with E-state index in [0.717, 1.165) is 17.9 Å². The van der Waals surface area contributed by atoms with E-state index in [1.54, 1.807) is 13.2 Å². The number of aromatic amines is 1. The summed E-state index contributed by atoms with van der Waals surface area (Å²) in [5, 5.41) is 1.46. The Balaban J connectivity index is 2.02. The number of nitrogens with zero attached hydrogens (tertiary/aromatic N) is 1. The number of alkyl halides is 3. The highest BCUT2D eigenvalue weighted by atomic mass is 35.5. The Kier molecular flexibility index (Phi) is 5.81. The molecular formula is C23H21ClF3N3O. The smallest absolute Gasteiger partial charge is 0.418 e. The van der Waals surface area contributed by atoms with Crippen molar-refractivity contribution in [1.82, 2.24) is 9.97 Å². The van der Waals surface area contributed by atoms with E-state index in [2.05, 4.69) is 4.98 Å². The maximum atomic E-state index is 13.7. The maximum absolute atomic E-state index is 13.7. The fourth-order valence-electron chi connectivity index (χ4n) is 3.92. The van der Waals surface area contributed by atoms with Crippen molar-refractivity contribution < 1.29 is 17.9 Å². The average molecular weight is 448 g/mol. The number of benzene rings is 2. The zero-order chi connectivity index (χ0) is 22.2. The molecule has 0 fully saturated rings. The van der Waals surface area contributed by atoms with Crippen LogP contribution in [0.4, 0.5) is 13.2 Å². The van der Waals surface area contributed by atoms with Crippen LogP contribution in [0.2, 0.25) is 5.02 Å². The molecular weight excluding hydrogens is 427 g/mol. The van der Waals surface area contributed by atoms with Crippen molar-refractivity contribution in [2.45, 2.75) is 25.4 Å². The lowest BCUT2D eigenvalue weighted by atomic mass is 10.0. The highest BCUT2D eigenvalue weighted by Gasteiger charge is 2.35. The predicted octanol–water partition coefficient (Wildman–Crippen LogP) is 6.35. The SMILES string of the molecule is COc1cc(-c2[nH]c3c(C(F)(F)F)ccc(Cl)c3c2CCCCN)nc2ccccc12. The number of methoxy groups -OCH3 is 1. The number of fused-ring (bicyclic) bond motifs is 2. The van der Waals surface area contributed by atoms with Crippen molar-refractivity contribution in [3.63, 3.8) is 0 Å². The van der Waals surface area contributed by atoms with Gasteiger partial charge >= 0.3 is 6.18 Å². The molecule has 0 spiro atoms. The van der Waals surface area contributed by atoms with Gasteiger partial charge in [-0.1, -0.05) is 23.7 Å². The zero-order valence-corrected chi connectivity index (χ0v) is 17.6. The monoisotopic (exact) mass is 447 g/mol. The Morgan fingerprint density at radius 3 is 2.61 bits per heavy atom. The van der Waals surface area contributed by atoms with Gasteiger partial charge in [0.25, 0.3) is 0 Å². The molecule has 0 saturated carbocycles. The van der Waals surface area contributed by atoms with Crippen molar-refractivity contribution in [2.24, 2.45) is 5.73 Å². The van der Waals surface area contributed by atoms with Crippen LogP contribution in [-0.4, -0.2) is 23.6 Å². The van der Waals surface area contributed by atoms with E-state index >= 15 is 0 Å². The number of ether oxygens (including phenoxy) is 1. The molecule has 4 rings (SSSR count). The molecule has 0 radical (unpaired) electrons. The molecule has 0 bridgehead atoms. The van der Waals surface area contributed by atoms with Crippen LogP contribution < -0.4 is 10.5 Å². The molecule has 8 heteroatoms. The molecule has 0 amide bonds. The van der Waals surface area contributed by atoms with E-state index in [1.807, 2.05) is 24.3 Å². The Labute approximate surface area is 182 Å². The number of nitrogens with two attached hydrogens (primary N) is 1. The number of para-hydroxylation sites is 1. The summed E-state index contributed by atoms with van der Waals surface area (Å²) < 4.78 is 46.7. The Morgan fingerprint density at radius 1 is 1.13 bits per heavy atom. The van der Waals surface area contributed by atoms with Gasteiger partial charge in [0.15, 0.2) is 0 Å². The lowest BCUT2D eigenvalue weighted by molar-refractivity contribution is -0.136. The third-order valence-electron chi connectivity index (χ3n) is 5.35. The molecule has 2 aromatic carbocycles. The number of nitrogens with one attached hydrogen (secondary N) is 1. The molecule has 0 aliphatic carbocycles. The minimum atomic E-state index is -4.52. The van der Waals surface area contributed by atoms with E-state index in [-0.39, 0.29) is 10.5 Å². The first-order chi connectivity index (χ1) is 14.8. The molecule has 0 aliphatic rings. The molecule has 31 heavy (non-hydrogen) atoms. The summed E-state index contributed by atoms with van der Waals surface area (Å²) in [6.07, 6.45) is -2.54. The van der Waals surface area contributed by atoms with Crippen molar-refractivity contribution >= 4 is 33.4 Å². The van der Waals surface area contributed by atoms with Gasteiger partial charge in [-0.15, -0.1) is 0 Å². The van der Waals surface area contributed by atoms with Crippen LogP contribution in [0.15, 0.2) is 42.5 Å². The number of rotatable bonds is 6. The lowest BCUT2D eigenvalue weighted by Crippen LogP contribution is -2.05. The number of aryl methyl sites for hydroxylation is 1. The van der Waals surface area contributed by atoms with Crippen LogP contribution in [0.5, 0.6) is 5.75 Å². The summed E-state index contributed by atoms with van der Waals surface area (Å²) in [6.45, 7) is 0.501. The van der Waals surface area contributed by atoms with Crippen molar-refractivity contribution in [2.75, 3.05) is 13.7 Å². The van der Waals surface area contributed by atoms with Gasteiger partial charge < -0.3 is 15.5 Å². The summed E-state index contributed by atoms with van der Waals surface area (Å²) in [4.78, 5) is 7.69. The molecule has 2 aromatic heterocycles. The molecule has 162 valence electrons. The summed E-state index contributed by atoms with van der Waals surface area (Å²) in [5.41, 5.74) is 7.23. The molecule has 4 aromatic rings. The molecule has 0 unspecified atom stereocenters. The number of pyridine rings is 1. The van der Waals surface area contributed by atoms with Gasteiger partial charge in [-0.3, -0.25) is 0 Å². The second-order valence-electron chi connectivity index (χ2n) is 7.29. The predicted molar refractivity (Wildman–Crippen MR) is 118 cm³/mol. The summed E-state index contributed by atoms with van der Waals surface area (Å²) in [7, 11) is 1.55. The normalized spacial score (nSPS) is 12.1. The zero-order valence-electron chi connectivity index (χ0n) is 16.8. The third kappa shape index (κ3) is 3.95. The number of hydrogen-bond donors (Lipinski definition) is 2. The first-order valence-electron chi connectivity index (χ1n) is 9.89. The lowest BCUT2D eigenvalue weighted by Gasteiger charge is -2.10. The van der Waals surface area contributed by atoms with Crippen LogP contribution in [0, 0.1) is 0 Å². The Morgan fingerprint density at radius 2 is 1.90 bits per heavy atom. The largest absolute Gasteiger partial charge is 0.496 e. The topological polar surface area (TPSA) is 63.9 Å². The van der Waals surface area contributed by atoms with Gasteiger partial charge in [0.1, 0.15) is 5.75 Å². The average Bonchev–Trinajstić information content (AvgIpc) is 3.12. The first-order valence-corrected chi connectivity index (χ1v) is 10.3. The van der Waals surface area contributed by atoms with Gasteiger partial charge in [-0.05, 0) is 55.6 Å². The second-order valence-corrected chi connectivity index (χ2v) is 7.70. The van der Waals surface area contributed by atoms with Crippen molar-refractivity contribution in [3.8, 4) is 17.1 Å². The van der Waals surface area contributed by atoms with Crippen LogP contribution in [0.1, 0.15) is 24.0 Å². The Bertz CT molecular complexity index is 1250. The fraction of sp³-hybridized carbons (Fsp3) is 0.261. The highest BCUT2D eigenvalue weighted by Crippen LogP contribution is 2.42. The van der Waals surface area contributed by atoms with E-state index < -0.39 is 11.7 Å². The molecule has 0 aliphatic heterocycles. The number of halogens is 4. The summed E-state index contributed by atoms with van der Waals surface area (Å²) in [5.74, 6) is 0.592. The first kappa shape index (κ1) is 21.5. The van der Waals surface area contributed by atoms with Gasteiger partial charge in [0, 0.05) is 16.8 Å². The molecule has 0 atom stereocenters. The number of unbranched alkanes of at least 4 members (excludes halogenated alkanes) is 1. The summed E-state index contributed by atoms with van der Waals surface area (Å²) in [6, 6.07) is 11.5. The number of hydrogen-bond acceptors (Lipinski definition) is 3. The van der Waals surface area contributed by atoms with Crippen molar-refractivity contribution in [3.05, 3.63) is 58.6 Å². The van der Waals surface area contributed by atoms with E-state index in [0.29, 0.717) is 53.0 Å². The van der Waals surface area contributed by atoms with E-state index in [1.165, 1.54) is 6.07 Å². The molecule has 0 saturated heterocycles. The Hall–Kier alpha value is -2.77. The van der Waals surface area contributed by atoms with Crippen molar-refractivity contribution in [1.29, 1.82) is 0 Å². The van der Waals surface area contributed by atoms with Gasteiger partial charge in [0.05, 0.1) is 40.1 Å². The number of H-pyrrole nitrogens is 1. The van der Waals surface area contributed by atoms with E-state index in [9.17, 15) is 13.2 Å². The van der Waals surface area contributed by atoms with Crippen LogP contribution >= 0.6 is 11.6 Å². The molecule has 4 nitrogen and oxygen atoms in total. The molecule has 3 N–H and O–H groups in total. The van der Waals surface area contributed by atoms with Gasteiger partial charge in [-0.25, -0.2) is 4.98 Å². The van der Waals surface area contributed by atoms with Gasteiger partial charge in [0.2, 0.25) is 0 Å². The fourth-order valence-corrected chi connectivity index (χ4v) is 4.19. The second kappa shape index (κ2) is 8.40. The summed E-state index contributed by atoms with van der Waals surface area (Å²) >= 11 is 6.39. The maximum Gasteiger partial charge on any atom is 0.418 e. The minimum Gasteiger partial charge on any atom is -0.496 e. The van der Waals surface area contributed by atoms with Crippen LogP contribution in [0.3, 0.4) is 0 Å². The highest BCUT2D eigenvalue weighted by molar-refractivity contribution is 6.36. The molecule has 2 heterocycles. The van der Waals surface area contributed by atoms with Gasteiger partial charge in [-0.2, -0.15) is 13.2 Å². The number of aromatic nitrogens is 2. The quantitative estimate of drug-likeness (QED) is 0.339. The van der Waals surface area contributed by atoms with Crippen LogP contribution in [-0.2, 0) is 12.6 Å². The van der Waals surface area contributed by atoms with E-state index in [4.69, 9.17) is 27.1 Å².